The number of hydrogen-bond acceptors (Lipinski definition) is 4. The molecule has 0 saturated carbocycles. The average Bonchev–Trinajstić information content (AvgIpc) is 2.61. The normalized spacial score (nSPS) is 11.1. The Balaban J connectivity index is 0.00000312. The molecule has 1 atom stereocenters. The molecule has 3 N–H and O–H groups in total. The Morgan fingerprint density at radius 2 is 1.72 bits per heavy atom. The number of methoxy groups -OCH3 is 1. The third-order valence-corrected chi connectivity index (χ3v) is 3.81. The molecule has 6 heteroatoms. The van der Waals surface area contributed by atoms with Gasteiger partial charge in [0, 0.05) is 12.1 Å². The number of esters is 1. The molecule has 25 heavy (non-hydrogen) atoms. The van der Waals surface area contributed by atoms with E-state index in [9.17, 15) is 9.59 Å². The van der Waals surface area contributed by atoms with Gasteiger partial charge in [0.25, 0.3) is 0 Å². The van der Waals surface area contributed by atoms with Gasteiger partial charge in [0.1, 0.15) is 0 Å². The van der Waals surface area contributed by atoms with Crippen LogP contribution in [0.1, 0.15) is 30.0 Å². The largest absolute Gasteiger partial charge is 0.469 e. The highest BCUT2D eigenvalue weighted by atomic mass is 35.5. The molecular formula is C19H23ClN2O3. The van der Waals surface area contributed by atoms with Gasteiger partial charge in [0.05, 0.1) is 19.6 Å². The van der Waals surface area contributed by atoms with Gasteiger partial charge in [-0.2, -0.15) is 0 Å². The quantitative estimate of drug-likeness (QED) is 0.586. The third-order valence-electron chi connectivity index (χ3n) is 3.81. The summed E-state index contributed by atoms with van der Waals surface area (Å²) in [4.78, 5) is 23.9. The smallest absolute Gasteiger partial charge is 0.307 e. The molecule has 2 rings (SSSR count). The van der Waals surface area contributed by atoms with Gasteiger partial charge in [-0.15, -0.1) is 12.4 Å². The fraction of sp³-hybridized carbons (Fsp3) is 0.263. The van der Waals surface area contributed by atoms with Crippen LogP contribution < -0.4 is 11.1 Å². The lowest BCUT2D eigenvalue weighted by Gasteiger charge is -2.18. The zero-order valence-electron chi connectivity index (χ0n) is 14.1. The van der Waals surface area contributed by atoms with Crippen molar-refractivity contribution in [2.75, 3.05) is 12.8 Å². The molecule has 0 bridgehead atoms. The standard InChI is InChI=1S/C19H22N2O3.ClH/c1-24-19(23)13-17(15-8-3-2-4-9-15)21-18(22)12-11-14-7-5-6-10-16(14)20;/h2-10,17H,11-13,20H2,1H3,(H,21,22);1H. The molecule has 1 unspecified atom stereocenters. The van der Waals surface area contributed by atoms with Gasteiger partial charge in [-0.3, -0.25) is 9.59 Å². The summed E-state index contributed by atoms with van der Waals surface area (Å²) in [6.45, 7) is 0. The van der Waals surface area contributed by atoms with Crippen molar-refractivity contribution in [3.8, 4) is 0 Å². The van der Waals surface area contributed by atoms with E-state index in [1.807, 2.05) is 54.6 Å². The molecule has 0 saturated heterocycles. The van der Waals surface area contributed by atoms with Crippen LogP contribution >= 0.6 is 12.4 Å². The number of anilines is 1. The zero-order valence-corrected chi connectivity index (χ0v) is 14.9. The van der Waals surface area contributed by atoms with Crippen molar-refractivity contribution in [2.45, 2.75) is 25.3 Å². The summed E-state index contributed by atoms with van der Waals surface area (Å²) in [7, 11) is 1.34. The van der Waals surface area contributed by atoms with Crippen molar-refractivity contribution in [2.24, 2.45) is 0 Å². The number of amides is 1. The van der Waals surface area contributed by atoms with Crippen LogP contribution in [0.15, 0.2) is 54.6 Å². The van der Waals surface area contributed by atoms with Crippen LogP contribution in [0.3, 0.4) is 0 Å². The van der Waals surface area contributed by atoms with Gasteiger partial charge in [-0.25, -0.2) is 0 Å². The predicted molar refractivity (Wildman–Crippen MR) is 100 cm³/mol. The fourth-order valence-electron chi connectivity index (χ4n) is 2.46. The Bertz CT molecular complexity index is 692. The van der Waals surface area contributed by atoms with Crippen LogP contribution in [0.25, 0.3) is 0 Å². The number of para-hydroxylation sites is 1. The van der Waals surface area contributed by atoms with Crippen LogP contribution in [0.4, 0.5) is 5.69 Å². The molecule has 0 fully saturated rings. The maximum absolute atomic E-state index is 12.3. The first-order valence-electron chi connectivity index (χ1n) is 7.84. The molecule has 1 amide bonds. The Morgan fingerprint density at radius 1 is 1.08 bits per heavy atom. The number of benzene rings is 2. The second kappa shape index (κ2) is 10.4. The third kappa shape index (κ3) is 6.47. The van der Waals surface area contributed by atoms with E-state index >= 15 is 0 Å². The maximum Gasteiger partial charge on any atom is 0.307 e. The van der Waals surface area contributed by atoms with Crippen LogP contribution in [-0.4, -0.2) is 19.0 Å². The highest BCUT2D eigenvalue weighted by molar-refractivity contribution is 5.85. The Labute approximate surface area is 154 Å². The highest BCUT2D eigenvalue weighted by Gasteiger charge is 2.18. The first-order chi connectivity index (χ1) is 11.6. The minimum absolute atomic E-state index is 0. The summed E-state index contributed by atoms with van der Waals surface area (Å²) in [5.41, 5.74) is 8.38. The van der Waals surface area contributed by atoms with Gasteiger partial charge >= 0.3 is 5.97 Å². The van der Waals surface area contributed by atoms with Crippen molar-refractivity contribution >= 4 is 30.0 Å². The lowest BCUT2D eigenvalue weighted by atomic mass is 10.0. The van der Waals surface area contributed by atoms with Crippen molar-refractivity contribution in [3.63, 3.8) is 0 Å². The van der Waals surface area contributed by atoms with Gasteiger partial charge in [0.15, 0.2) is 0 Å². The summed E-state index contributed by atoms with van der Waals surface area (Å²) < 4.78 is 4.72. The number of aryl methyl sites for hydroxylation is 1. The predicted octanol–water partition coefficient (Wildman–Crippen LogP) is 3.04. The van der Waals surface area contributed by atoms with Crippen LogP contribution in [0, 0.1) is 0 Å². The average molecular weight is 363 g/mol. The summed E-state index contributed by atoms with van der Waals surface area (Å²) in [6, 6.07) is 16.5. The molecule has 0 heterocycles. The van der Waals surface area contributed by atoms with E-state index in [1.54, 1.807) is 0 Å². The lowest BCUT2D eigenvalue weighted by Crippen LogP contribution is -2.30. The van der Waals surface area contributed by atoms with E-state index in [0.717, 1.165) is 11.1 Å². The Hall–Kier alpha value is -2.53. The number of nitrogens with one attached hydrogen (secondary N) is 1. The Kier molecular flexibility index (Phi) is 8.50. The van der Waals surface area contributed by atoms with Gasteiger partial charge in [0.2, 0.25) is 5.91 Å². The SMILES string of the molecule is COC(=O)CC(NC(=O)CCc1ccccc1N)c1ccccc1.Cl. The molecule has 2 aromatic carbocycles. The number of ether oxygens (including phenoxy) is 1. The number of halogens is 1. The second-order valence-corrected chi connectivity index (χ2v) is 5.51. The topological polar surface area (TPSA) is 81.4 Å². The molecule has 0 aliphatic carbocycles. The number of hydrogen-bond donors (Lipinski definition) is 2. The van der Waals surface area contributed by atoms with Crippen LogP contribution in [0.2, 0.25) is 0 Å². The van der Waals surface area contributed by atoms with Crippen LogP contribution in [0.5, 0.6) is 0 Å². The molecule has 0 radical (unpaired) electrons. The van der Waals surface area contributed by atoms with Crippen LogP contribution in [-0.2, 0) is 20.7 Å². The molecule has 0 spiro atoms. The van der Waals surface area contributed by atoms with Gasteiger partial charge in [-0.1, -0.05) is 48.5 Å². The molecule has 0 aromatic heterocycles. The number of carbonyl (C=O) groups excluding carboxylic acids is 2. The molecule has 0 aliphatic rings. The van der Waals surface area contributed by atoms with E-state index < -0.39 is 6.04 Å². The van der Waals surface area contributed by atoms with E-state index in [2.05, 4.69) is 5.32 Å². The van der Waals surface area contributed by atoms with E-state index in [0.29, 0.717) is 18.5 Å². The Morgan fingerprint density at radius 3 is 2.36 bits per heavy atom. The molecule has 2 aromatic rings. The van der Waals surface area contributed by atoms with Gasteiger partial charge < -0.3 is 15.8 Å². The minimum Gasteiger partial charge on any atom is -0.469 e. The minimum atomic E-state index is -0.403. The first kappa shape index (κ1) is 20.5. The lowest BCUT2D eigenvalue weighted by molar-refractivity contribution is -0.141. The monoisotopic (exact) mass is 362 g/mol. The number of nitrogens with two attached hydrogens (primary N) is 1. The molecular weight excluding hydrogens is 340 g/mol. The molecule has 5 nitrogen and oxygen atoms in total. The molecule has 0 aliphatic heterocycles. The maximum atomic E-state index is 12.3. The fourth-order valence-corrected chi connectivity index (χ4v) is 2.46. The van der Waals surface area contributed by atoms with E-state index in [-0.39, 0.29) is 30.7 Å². The first-order valence-corrected chi connectivity index (χ1v) is 7.84. The van der Waals surface area contributed by atoms with Crippen molar-refractivity contribution in [1.29, 1.82) is 0 Å². The summed E-state index contributed by atoms with van der Waals surface area (Å²) in [6.07, 6.45) is 0.955. The summed E-state index contributed by atoms with van der Waals surface area (Å²) >= 11 is 0. The van der Waals surface area contributed by atoms with Gasteiger partial charge in [-0.05, 0) is 23.6 Å². The van der Waals surface area contributed by atoms with E-state index in [1.165, 1.54) is 7.11 Å². The van der Waals surface area contributed by atoms with Crippen molar-refractivity contribution < 1.29 is 14.3 Å². The van der Waals surface area contributed by atoms with Crippen molar-refractivity contribution in [3.05, 3.63) is 65.7 Å². The van der Waals surface area contributed by atoms with E-state index in [4.69, 9.17) is 10.5 Å². The number of rotatable bonds is 7. The molecule has 134 valence electrons. The number of nitrogen functional groups attached to an aromatic ring is 1. The summed E-state index contributed by atoms with van der Waals surface area (Å²) in [5.74, 6) is -0.493. The van der Waals surface area contributed by atoms with Crippen molar-refractivity contribution in [1.82, 2.24) is 5.32 Å². The second-order valence-electron chi connectivity index (χ2n) is 5.51. The zero-order chi connectivity index (χ0) is 17.4. The summed E-state index contributed by atoms with van der Waals surface area (Å²) in [5, 5.41) is 2.91. The highest BCUT2D eigenvalue weighted by Crippen LogP contribution is 2.18. The number of carbonyl (C=O) groups is 2.